The zero-order valence-corrected chi connectivity index (χ0v) is 18.0. The van der Waals surface area contributed by atoms with Crippen LogP contribution in [-0.2, 0) is 22.9 Å². The van der Waals surface area contributed by atoms with Gasteiger partial charge in [0.05, 0.1) is 18.1 Å². The van der Waals surface area contributed by atoms with Crippen LogP contribution in [0, 0.1) is 0 Å². The summed E-state index contributed by atoms with van der Waals surface area (Å²) in [6.07, 6.45) is 4.61. The first-order valence-corrected chi connectivity index (χ1v) is 12.3. The Hall–Kier alpha value is -1.60. The maximum atomic E-state index is 11.7. The van der Waals surface area contributed by atoms with Gasteiger partial charge in [-0.25, -0.2) is 13.4 Å². The minimum absolute atomic E-state index is 0.0447. The third-order valence-electron chi connectivity index (χ3n) is 5.69. The van der Waals surface area contributed by atoms with Crippen molar-refractivity contribution in [2.24, 2.45) is 4.99 Å². The number of nitrogens with zero attached hydrogens (tertiary/aromatic N) is 2. The van der Waals surface area contributed by atoms with Gasteiger partial charge < -0.3 is 10.6 Å². The monoisotopic (exact) mass is 406 g/mol. The molecule has 6 nitrogen and oxygen atoms in total. The van der Waals surface area contributed by atoms with Gasteiger partial charge in [-0.3, -0.25) is 4.90 Å². The van der Waals surface area contributed by atoms with Crippen molar-refractivity contribution < 1.29 is 8.42 Å². The van der Waals surface area contributed by atoms with E-state index in [0.717, 1.165) is 18.7 Å². The molecule has 0 radical (unpaired) electrons. The van der Waals surface area contributed by atoms with Crippen LogP contribution >= 0.6 is 0 Å². The third kappa shape index (κ3) is 6.21. The smallest absolute Gasteiger partial charge is 0.191 e. The zero-order chi connectivity index (χ0) is 20.0. The van der Waals surface area contributed by atoms with Crippen LogP contribution in [0.4, 0.5) is 0 Å². The molecule has 2 saturated heterocycles. The van der Waals surface area contributed by atoms with E-state index in [9.17, 15) is 8.42 Å². The molecule has 0 spiro atoms. The van der Waals surface area contributed by atoms with Crippen molar-refractivity contribution in [3.63, 3.8) is 0 Å². The Bertz CT molecular complexity index is 761. The average molecular weight is 407 g/mol. The van der Waals surface area contributed by atoms with Crippen molar-refractivity contribution in [1.29, 1.82) is 0 Å². The number of guanidine groups is 1. The zero-order valence-electron chi connectivity index (χ0n) is 17.2. The summed E-state index contributed by atoms with van der Waals surface area (Å²) in [6.45, 7) is 7.88. The molecule has 0 bridgehead atoms. The summed E-state index contributed by atoms with van der Waals surface area (Å²) >= 11 is 0. The first-order chi connectivity index (χ1) is 13.4. The van der Waals surface area contributed by atoms with E-state index >= 15 is 0 Å². The molecular weight excluding hydrogens is 372 g/mol. The molecule has 2 heterocycles. The molecule has 156 valence electrons. The number of hydrogen-bond donors (Lipinski definition) is 2. The van der Waals surface area contributed by atoms with Crippen LogP contribution in [0.3, 0.4) is 0 Å². The number of benzene rings is 1. The highest BCUT2D eigenvalue weighted by atomic mass is 32.2. The Kier molecular flexibility index (Phi) is 7.35. The summed E-state index contributed by atoms with van der Waals surface area (Å²) < 4.78 is 23.3. The van der Waals surface area contributed by atoms with E-state index in [1.807, 2.05) is 6.92 Å². The van der Waals surface area contributed by atoms with E-state index in [1.54, 1.807) is 0 Å². The fourth-order valence-corrected chi connectivity index (χ4v) is 5.64. The molecule has 0 aliphatic carbocycles. The molecule has 0 amide bonds. The molecule has 2 atom stereocenters. The lowest BCUT2D eigenvalue weighted by Crippen LogP contribution is -2.44. The van der Waals surface area contributed by atoms with E-state index in [1.165, 1.54) is 31.4 Å². The number of aliphatic imine (C=N–C) groups is 1. The van der Waals surface area contributed by atoms with Gasteiger partial charge in [0.2, 0.25) is 0 Å². The summed E-state index contributed by atoms with van der Waals surface area (Å²) in [5.41, 5.74) is 2.51. The van der Waals surface area contributed by atoms with Gasteiger partial charge in [-0.15, -0.1) is 0 Å². The van der Waals surface area contributed by atoms with Crippen molar-refractivity contribution in [1.82, 2.24) is 15.5 Å². The van der Waals surface area contributed by atoms with Crippen LogP contribution in [0.2, 0.25) is 0 Å². The van der Waals surface area contributed by atoms with Crippen molar-refractivity contribution in [2.75, 3.05) is 24.6 Å². The quantitative estimate of drug-likeness (QED) is 0.560. The van der Waals surface area contributed by atoms with Crippen molar-refractivity contribution in [3.05, 3.63) is 35.4 Å². The number of rotatable bonds is 6. The van der Waals surface area contributed by atoms with Crippen molar-refractivity contribution >= 4 is 15.8 Å². The Balaban J connectivity index is 1.55. The highest BCUT2D eigenvalue weighted by Gasteiger charge is 2.28. The molecule has 0 saturated carbocycles. The molecule has 2 aliphatic rings. The van der Waals surface area contributed by atoms with E-state index in [0.29, 0.717) is 25.0 Å². The second-order valence-electron chi connectivity index (χ2n) is 8.07. The fourth-order valence-electron chi connectivity index (χ4n) is 3.97. The Morgan fingerprint density at radius 3 is 2.57 bits per heavy atom. The molecule has 2 fully saturated rings. The molecule has 3 rings (SSSR count). The molecule has 1 aromatic carbocycles. The normalized spacial score (nSPS) is 25.6. The topological polar surface area (TPSA) is 73.8 Å². The van der Waals surface area contributed by atoms with Crippen molar-refractivity contribution in [2.45, 2.75) is 64.7 Å². The first kappa shape index (κ1) is 21.1. The van der Waals surface area contributed by atoms with Gasteiger partial charge in [-0.2, -0.15) is 0 Å². The lowest BCUT2D eigenvalue weighted by atomic mass is 10.0. The summed E-state index contributed by atoms with van der Waals surface area (Å²) in [7, 11) is -2.89. The van der Waals surface area contributed by atoms with E-state index in [4.69, 9.17) is 0 Å². The fraction of sp³-hybridized carbons (Fsp3) is 0.667. The maximum Gasteiger partial charge on any atom is 0.191 e. The van der Waals surface area contributed by atoms with Crippen LogP contribution in [0.5, 0.6) is 0 Å². The molecule has 28 heavy (non-hydrogen) atoms. The molecule has 1 aromatic rings. The number of likely N-dealkylation sites (tertiary alicyclic amines) is 1. The third-order valence-corrected chi connectivity index (χ3v) is 7.45. The Morgan fingerprint density at radius 2 is 1.93 bits per heavy atom. The van der Waals surface area contributed by atoms with Gasteiger partial charge in [-0.05, 0) is 50.8 Å². The highest BCUT2D eigenvalue weighted by Crippen LogP contribution is 2.19. The highest BCUT2D eigenvalue weighted by molar-refractivity contribution is 7.91. The molecule has 2 aliphatic heterocycles. The lowest BCUT2D eigenvalue weighted by Gasteiger charge is -2.33. The van der Waals surface area contributed by atoms with Gasteiger partial charge in [0.1, 0.15) is 0 Å². The second kappa shape index (κ2) is 9.74. The standard InChI is InChI=1S/C21H34N4O2S/c1-3-22-21(24-20-11-13-28(26,27)16-20)23-14-18-7-9-19(10-8-18)15-25-12-5-4-6-17(25)2/h7-10,17,20H,3-6,11-16H2,1-2H3,(H2,22,23,24). The first-order valence-electron chi connectivity index (χ1n) is 10.5. The number of hydrogen-bond acceptors (Lipinski definition) is 4. The van der Waals surface area contributed by atoms with Crippen LogP contribution in [0.1, 0.15) is 50.7 Å². The SMILES string of the molecule is CCNC(=NCc1ccc(CN2CCCCC2C)cc1)NC1CCS(=O)(=O)C1. The van der Waals surface area contributed by atoms with Gasteiger partial charge in [0.15, 0.2) is 15.8 Å². The Labute approximate surface area is 169 Å². The largest absolute Gasteiger partial charge is 0.357 e. The predicted octanol–water partition coefficient (Wildman–Crippen LogP) is 2.30. The molecular formula is C21H34N4O2S. The minimum Gasteiger partial charge on any atom is -0.357 e. The number of piperidine rings is 1. The average Bonchev–Trinajstić information content (AvgIpc) is 3.01. The summed E-state index contributed by atoms with van der Waals surface area (Å²) in [5, 5.41) is 6.48. The number of nitrogens with one attached hydrogen (secondary N) is 2. The van der Waals surface area contributed by atoms with Crippen LogP contribution in [-0.4, -0.2) is 56.0 Å². The van der Waals surface area contributed by atoms with Gasteiger partial charge >= 0.3 is 0 Å². The molecule has 0 aromatic heterocycles. The minimum atomic E-state index is -2.89. The van der Waals surface area contributed by atoms with Gasteiger partial charge in [0, 0.05) is 25.2 Å². The van der Waals surface area contributed by atoms with E-state index in [-0.39, 0.29) is 17.5 Å². The van der Waals surface area contributed by atoms with Crippen LogP contribution < -0.4 is 10.6 Å². The summed E-state index contributed by atoms with van der Waals surface area (Å²) in [4.78, 5) is 7.21. The molecule has 2 unspecified atom stereocenters. The predicted molar refractivity (Wildman–Crippen MR) is 115 cm³/mol. The molecule has 7 heteroatoms. The summed E-state index contributed by atoms with van der Waals surface area (Å²) in [5.74, 6) is 1.15. The molecule has 2 N–H and O–H groups in total. The van der Waals surface area contributed by atoms with Crippen molar-refractivity contribution in [3.8, 4) is 0 Å². The van der Waals surface area contributed by atoms with E-state index in [2.05, 4.69) is 51.7 Å². The van der Waals surface area contributed by atoms with Crippen LogP contribution in [0.25, 0.3) is 0 Å². The maximum absolute atomic E-state index is 11.7. The lowest BCUT2D eigenvalue weighted by molar-refractivity contribution is 0.152. The van der Waals surface area contributed by atoms with Gasteiger partial charge in [-0.1, -0.05) is 30.7 Å². The number of sulfone groups is 1. The van der Waals surface area contributed by atoms with Gasteiger partial charge in [0.25, 0.3) is 0 Å². The summed E-state index contributed by atoms with van der Waals surface area (Å²) in [6, 6.07) is 9.34. The Morgan fingerprint density at radius 1 is 1.18 bits per heavy atom. The van der Waals surface area contributed by atoms with E-state index < -0.39 is 9.84 Å². The van der Waals surface area contributed by atoms with Crippen LogP contribution in [0.15, 0.2) is 29.3 Å². The second-order valence-corrected chi connectivity index (χ2v) is 10.3.